The Kier molecular flexibility index (Phi) is 3.83. The zero-order chi connectivity index (χ0) is 14.7. The lowest BCUT2D eigenvalue weighted by Crippen LogP contribution is -2.18. The molecule has 21 heavy (non-hydrogen) atoms. The molecule has 2 aromatic heterocycles. The van der Waals surface area contributed by atoms with Gasteiger partial charge in [-0.05, 0) is 18.7 Å². The third-order valence-corrected chi connectivity index (χ3v) is 3.27. The second kappa shape index (κ2) is 5.92. The molecule has 0 aliphatic heterocycles. The molecule has 0 saturated carbocycles. The Hall–Kier alpha value is -2.41. The molecule has 3 rings (SSSR count). The van der Waals surface area contributed by atoms with Crippen LogP contribution in [0.2, 0.25) is 0 Å². The van der Waals surface area contributed by atoms with E-state index in [4.69, 9.17) is 4.42 Å². The number of oxazole rings is 1. The zero-order valence-electron chi connectivity index (χ0n) is 11.8. The van der Waals surface area contributed by atoms with Crippen LogP contribution in [0.15, 0.2) is 39.7 Å². The van der Waals surface area contributed by atoms with Crippen molar-refractivity contribution in [3.8, 4) is 0 Å². The first-order chi connectivity index (χ1) is 10.3. The Morgan fingerprint density at radius 1 is 1.29 bits per heavy atom. The smallest absolute Gasteiger partial charge is 0.408 e. The molecule has 3 aromatic rings. The average molecular weight is 287 g/mol. The molecular formula is C14H17N5O2. The second-order valence-corrected chi connectivity index (χ2v) is 4.74. The van der Waals surface area contributed by atoms with Gasteiger partial charge in [0, 0.05) is 19.3 Å². The number of fused-ring (bicyclic) bond motifs is 1. The van der Waals surface area contributed by atoms with E-state index < -0.39 is 0 Å². The van der Waals surface area contributed by atoms with Gasteiger partial charge in [0.05, 0.1) is 17.8 Å². The predicted molar refractivity (Wildman–Crippen MR) is 77.9 cm³/mol. The molecule has 110 valence electrons. The van der Waals surface area contributed by atoms with Crippen LogP contribution in [0.3, 0.4) is 0 Å². The quantitative estimate of drug-likeness (QED) is 0.731. The summed E-state index contributed by atoms with van der Waals surface area (Å²) in [5.74, 6) is -0.343. The van der Waals surface area contributed by atoms with Crippen molar-refractivity contribution in [3.05, 3.63) is 46.7 Å². The van der Waals surface area contributed by atoms with Crippen LogP contribution in [0.25, 0.3) is 11.1 Å². The Balaban J connectivity index is 1.73. The van der Waals surface area contributed by atoms with E-state index in [1.54, 1.807) is 15.3 Å². The molecular weight excluding hydrogens is 270 g/mol. The van der Waals surface area contributed by atoms with Gasteiger partial charge in [-0.25, -0.2) is 4.79 Å². The number of hydrogen-bond acceptors (Lipinski definition) is 5. The first-order valence-electron chi connectivity index (χ1n) is 6.96. The van der Waals surface area contributed by atoms with E-state index in [1.807, 2.05) is 31.3 Å². The molecule has 1 N–H and O–H groups in total. The molecule has 0 radical (unpaired) electrons. The van der Waals surface area contributed by atoms with E-state index in [0.717, 1.165) is 17.8 Å². The monoisotopic (exact) mass is 287 g/mol. The van der Waals surface area contributed by atoms with Gasteiger partial charge in [-0.1, -0.05) is 24.3 Å². The van der Waals surface area contributed by atoms with Crippen molar-refractivity contribution in [1.29, 1.82) is 0 Å². The lowest BCUT2D eigenvalue weighted by molar-refractivity contribution is 0.466. The van der Waals surface area contributed by atoms with Crippen LogP contribution in [0.1, 0.15) is 12.6 Å². The van der Waals surface area contributed by atoms with E-state index in [0.29, 0.717) is 25.2 Å². The fourth-order valence-electron chi connectivity index (χ4n) is 2.21. The van der Waals surface area contributed by atoms with Crippen LogP contribution in [-0.2, 0) is 19.6 Å². The highest BCUT2D eigenvalue weighted by atomic mass is 16.4. The van der Waals surface area contributed by atoms with Crippen LogP contribution in [0.5, 0.6) is 0 Å². The lowest BCUT2D eigenvalue weighted by atomic mass is 10.3. The third-order valence-electron chi connectivity index (χ3n) is 3.27. The molecule has 1 aromatic carbocycles. The summed E-state index contributed by atoms with van der Waals surface area (Å²) >= 11 is 0. The number of para-hydroxylation sites is 2. The standard InChI is InChI=1S/C14H17N5O2/c1-2-15-9-11-10-18(17-16-11)7-8-19-12-5-3-4-6-13(12)21-14(19)20/h3-6,10,15H,2,7-9H2,1H3. The predicted octanol–water partition coefficient (Wildman–Crippen LogP) is 0.996. The summed E-state index contributed by atoms with van der Waals surface area (Å²) in [5.41, 5.74) is 2.30. The minimum absolute atomic E-state index is 0.343. The second-order valence-electron chi connectivity index (χ2n) is 4.74. The van der Waals surface area contributed by atoms with Crippen molar-refractivity contribution >= 4 is 11.1 Å². The Labute approximate surface area is 121 Å². The highest BCUT2D eigenvalue weighted by Crippen LogP contribution is 2.11. The summed E-state index contributed by atoms with van der Waals surface area (Å²) in [4.78, 5) is 11.8. The van der Waals surface area contributed by atoms with Crippen molar-refractivity contribution in [2.75, 3.05) is 6.54 Å². The summed E-state index contributed by atoms with van der Waals surface area (Å²) in [5, 5.41) is 11.3. The van der Waals surface area contributed by atoms with E-state index in [1.165, 1.54) is 0 Å². The third kappa shape index (κ3) is 2.87. The SMILES string of the molecule is CCNCc1cn(CCn2c(=O)oc3ccccc32)nn1. The Morgan fingerprint density at radius 3 is 3.00 bits per heavy atom. The number of nitrogens with one attached hydrogen (secondary N) is 1. The Morgan fingerprint density at radius 2 is 2.14 bits per heavy atom. The molecule has 7 nitrogen and oxygen atoms in total. The molecule has 0 fully saturated rings. The van der Waals surface area contributed by atoms with Crippen molar-refractivity contribution in [1.82, 2.24) is 24.9 Å². The number of nitrogens with zero attached hydrogens (tertiary/aromatic N) is 4. The maximum absolute atomic E-state index is 11.8. The lowest BCUT2D eigenvalue weighted by Gasteiger charge is -2.01. The Bertz CT molecular complexity index is 786. The van der Waals surface area contributed by atoms with Crippen molar-refractivity contribution < 1.29 is 4.42 Å². The number of rotatable bonds is 6. The molecule has 0 spiro atoms. The van der Waals surface area contributed by atoms with E-state index >= 15 is 0 Å². The average Bonchev–Trinajstić information content (AvgIpc) is 3.06. The van der Waals surface area contributed by atoms with Gasteiger partial charge in [-0.3, -0.25) is 9.25 Å². The highest BCUT2D eigenvalue weighted by molar-refractivity contribution is 5.72. The van der Waals surface area contributed by atoms with Gasteiger partial charge in [0.15, 0.2) is 5.58 Å². The van der Waals surface area contributed by atoms with Crippen molar-refractivity contribution in [2.24, 2.45) is 0 Å². The maximum atomic E-state index is 11.8. The van der Waals surface area contributed by atoms with Crippen LogP contribution in [0, 0.1) is 0 Å². The molecule has 7 heteroatoms. The molecule has 0 saturated heterocycles. The highest BCUT2D eigenvalue weighted by Gasteiger charge is 2.08. The van der Waals surface area contributed by atoms with Gasteiger partial charge in [0.2, 0.25) is 0 Å². The van der Waals surface area contributed by atoms with Gasteiger partial charge in [0.1, 0.15) is 0 Å². The zero-order valence-corrected chi connectivity index (χ0v) is 11.8. The summed E-state index contributed by atoms with van der Waals surface area (Å²) in [7, 11) is 0. The van der Waals surface area contributed by atoms with Crippen molar-refractivity contribution in [3.63, 3.8) is 0 Å². The van der Waals surface area contributed by atoms with Crippen LogP contribution < -0.4 is 11.1 Å². The summed E-state index contributed by atoms with van der Waals surface area (Å²) < 4.78 is 8.55. The molecule has 2 heterocycles. The van der Waals surface area contributed by atoms with Crippen LogP contribution in [0.4, 0.5) is 0 Å². The summed E-state index contributed by atoms with van der Waals surface area (Å²) in [6, 6.07) is 7.40. The first kappa shape index (κ1) is 13.6. The largest absolute Gasteiger partial charge is 0.420 e. The molecule has 0 aliphatic carbocycles. The van der Waals surface area contributed by atoms with E-state index in [2.05, 4.69) is 15.6 Å². The van der Waals surface area contributed by atoms with Gasteiger partial charge in [-0.15, -0.1) is 5.10 Å². The minimum atomic E-state index is -0.343. The molecule has 0 aliphatic rings. The molecule has 0 bridgehead atoms. The number of benzene rings is 1. The number of aromatic nitrogens is 4. The van der Waals surface area contributed by atoms with Crippen LogP contribution in [-0.4, -0.2) is 26.1 Å². The molecule has 0 atom stereocenters. The normalized spacial score (nSPS) is 11.3. The number of aryl methyl sites for hydroxylation is 2. The van der Waals surface area contributed by atoms with E-state index in [-0.39, 0.29) is 5.76 Å². The van der Waals surface area contributed by atoms with Crippen molar-refractivity contribution in [2.45, 2.75) is 26.6 Å². The van der Waals surface area contributed by atoms with Gasteiger partial charge in [0.25, 0.3) is 0 Å². The topological polar surface area (TPSA) is 77.9 Å². The number of hydrogen-bond donors (Lipinski definition) is 1. The first-order valence-corrected chi connectivity index (χ1v) is 6.96. The molecule has 0 unspecified atom stereocenters. The minimum Gasteiger partial charge on any atom is -0.408 e. The van der Waals surface area contributed by atoms with Gasteiger partial charge < -0.3 is 9.73 Å². The maximum Gasteiger partial charge on any atom is 0.420 e. The van der Waals surface area contributed by atoms with E-state index in [9.17, 15) is 4.79 Å². The van der Waals surface area contributed by atoms with Crippen LogP contribution >= 0.6 is 0 Å². The fraction of sp³-hybridized carbons (Fsp3) is 0.357. The van der Waals surface area contributed by atoms with Gasteiger partial charge in [-0.2, -0.15) is 0 Å². The summed E-state index contributed by atoms with van der Waals surface area (Å²) in [6.45, 7) is 4.71. The summed E-state index contributed by atoms with van der Waals surface area (Å²) in [6.07, 6.45) is 1.88. The molecule has 0 amide bonds. The fourth-order valence-corrected chi connectivity index (χ4v) is 2.21. The van der Waals surface area contributed by atoms with Gasteiger partial charge >= 0.3 is 5.76 Å².